The van der Waals surface area contributed by atoms with Gasteiger partial charge in [0.2, 0.25) is 0 Å². The predicted octanol–water partition coefficient (Wildman–Crippen LogP) is -0.145. The van der Waals surface area contributed by atoms with E-state index in [4.69, 9.17) is 0 Å². The van der Waals surface area contributed by atoms with Gasteiger partial charge in [-0.2, -0.15) is 0 Å². The smallest absolute Gasteiger partial charge is 0.320 e. The SMILES string of the molecule is CC(C)(C)N1CC2[C@@H](CO)NCCN2C1=O. The number of aliphatic hydroxyl groups excluding tert-OH is 1. The van der Waals surface area contributed by atoms with E-state index >= 15 is 0 Å². The molecule has 0 aromatic rings. The Morgan fingerprint density at radius 1 is 1.50 bits per heavy atom. The minimum Gasteiger partial charge on any atom is -0.395 e. The van der Waals surface area contributed by atoms with E-state index in [1.807, 2.05) is 30.6 Å². The molecule has 0 aliphatic carbocycles. The molecule has 0 radical (unpaired) electrons. The van der Waals surface area contributed by atoms with Crippen molar-refractivity contribution in [1.82, 2.24) is 15.1 Å². The monoisotopic (exact) mass is 227 g/mol. The second-order valence-electron chi connectivity index (χ2n) is 5.57. The van der Waals surface area contributed by atoms with E-state index in [1.165, 1.54) is 0 Å². The van der Waals surface area contributed by atoms with E-state index in [0.717, 1.165) is 13.1 Å². The molecule has 0 aromatic heterocycles. The highest BCUT2D eigenvalue weighted by Gasteiger charge is 2.46. The minimum absolute atomic E-state index is 0.0186. The molecule has 2 heterocycles. The summed E-state index contributed by atoms with van der Waals surface area (Å²) in [7, 11) is 0. The standard InChI is InChI=1S/C11H21N3O2/c1-11(2,3)14-6-9-8(7-15)12-4-5-13(9)10(14)16/h8-9,12,15H,4-7H2,1-3H3/t8-,9?/m1/s1. The highest BCUT2D eigenvalue weighted by Crippen LogP contribution is 2.27. The van der Waals surface area contributed by atoms with Crippen molar-refractivity contribution in [3.8, 4) is 0 Å². The van der Waals surface area contributed by atoms with Gasteiger partial charge in [0.05, 0.1) is 18.7 Å². The maximum atomic E-state index is 12.2. The Hall–Kier alpha value is -0.810. The molecule has 0 saturated carbocycles. The zero-order valence-electron chi connectivity index (χ0n) is 10.2. The van der Waals surface area contributed by atoms with Gasteiger partial charge >= 0.3 is 6.03 Å². The summed E-state index contributed by atoms with van der Waals surface area (Å²) in [5.74, 6) is 0. The third-order valence-electron chi connectivity index (χ3n) is 3.48. The number of urea groups is 1. The Morgan fingerprint density at radius 2 is 2.19 bits per heavy atom. The lowest BCUT2D eigenvalue weighted by atomic mass is 10.0. The molecule has 2 aliphatic heterocycles. The number of hydrogen-bond donors (Lipinski definition) is 2. The van der Waals surface area contributed by atoms with Crippen LogP contribution in [-0.2, 0) is 0 Å². The normalized spacial score (nSPS) is 30.9. The molecular weight excluding hydrogens is 206 g/mol. The predicted molar refractivity (Wildman–Crippen MR) is 61.2 cm³/mol. The van der Waals surface area contributed by atoms with Crippen LogP contribution in [0.3, 0.4) is 0 Å². The number of fused-ring (bicyclic) bond motifs is 1. The van der Waals surface area contributed by atoms with Crippen LogP contribution in [0.25, 0.3) is 0 Å². The van der Waals surface area contributed by atoms with E-state index in [0.29, 0.717) is 6.54 Å². The van der Waals surface area contributed by atoms with Crippen LogP contribution < -0.4 is 5.32 Å². The molecule has 2 fully saturated rings. The average molecular weight is 227 g/mol. The molecule has 5 heteroatoms. The van der Waals surface area contributed by atoms with Gasteiger partial charge in [0.15, 0.2) is 0 Å². The van der Waals surface area contributed by atoms with Crippen molar-refractivity contribution in [2.45, 2.75) is 38.4 Å². The van der Waals surface area contributed by atoms with Crippen molar-refractivity contribution >= 4 is 6.03 Å². The van der Waals surface area contributed by atoms with Crippen LogP contribution in [0.15, 0.2) is 0 Å². The van der Waals surface area contributed by atoms with Gasteiger partial charge in [-0.3, -0.25) is 0 Å². The maximum absolute atomic E-state index is 12.2. The summed E-state index contributed by atoms with van der Waals surface area (Å²) >= 11 is 0. The lowest BCUT2D eigenvalue weighted by molar-refractivity contribution is 0.130. The topological polar surface area (TPSA) is 55.8 Å². The fraction of sp³-hybridized carbons (Fsp3) is 0.909. The van der Waals surface area contributed by atoms with Crippen molar-refractivity contribution in [3.05, 3.63) is 0 Å². The van der Waals surface area contributed by atoms with Crippen LogP contribution in [0, 0.1) is 0 Å². The number of carbonyl (C=O) groups excluding carboxylic acids is 1. The van der Waals surface area contributed by atoms with E-state index in [-0.39, 0.29) is 30.3 Å². The largest absolute Gasteiger partial charge is 0.395 e. The number of nitrogens with one attached hydrogen (secondary N) is 1. The Labute approximate surface area is 96.4 Å². The molecule has 2 N–H and O–H groups in total. The van der Waals surface area contributed by atoms with E-state index in [9.17, 15) is 9.90 Å². The molecule has 92 valence electrons. The number of hydrogen-bond acceptors (Lipinski definition) is 3. The second kappa shape index (κ2) is 3.89. The summed E-state index contributed by atoms with van der Waals surface area (Å²) in [5, 5.41) is 12.6. The van der Waals surface area contributed by atoms with Gasteiger partial charge < -0.3 is 20.2 Å². The Morgan fingerprint density at radius 3 is 2.75 bits per heavy atom. The lowest BCUT2D eigenvalue weighted by Gasteiger charge is -2.35. The third kappa shape index (κ3) is 1.78. The van der Waals surface area contributed by atoms with Gasteiger partial charge in [0, 0.05) is 25.2 Å². The number of aliphatic hydroxyl groups is 1. The zero-order chi connectivity index (χ0) is 11.9. The van der Waals surface area contributed by atoms with Gasteiger partial charge in [-0.1, -0.05) is 0 Å². The molecule has 2 rings (SSSR count). The maximum Gasteiger partial charge on any atom is 0.320 e. The minimum atomic E-state index is -0.144. The van der Waals surface area contributed by atoms with Crippen molar-refractivity contribution in [3.63, 3.8) is 0 Å². The molecule has 16 heavy (non-hydrogen) atoms. The van der Waals surface area contributed by atoms with Gasteiger partial charge in [0.25, 0.3) is 0 Å². The summed E-state index contributed by atoms with van der Waals surface area (Å²) in [6.45, 7) is 8.45. The Balaban J connectivity index is 2.18. The molecule has 2 aliphatic rings. The van der Waals surface area contributed by atoms with Crippen molar-refractivity contribution in [2.75, 3.05) is 26.2 Å². The van der Waals surface area contributed by atoms with Gasteiger partial charge in [-0.05, 0) is 20.8 Å². The fourth-order valence-corrected chi connectivity index (χ4v) is 2.52. The third-order valence-corrected chi connectivity index (χ3v) is 3.48. The van der Waals surface area contributed by atoms with E-state index in [1.54, 1.807) is 0 Å². The van der Waals surface area contributed by atoms with Gasteiger partial charge in [-0.15, -0.1) is 0 Å². The van der Waals surface area contributed by atoms with Crippen molar-refractivity contribution < 1.29 is 9.90 Å². The quantitative estimate of drug-likeness (QED) is 0.655. The Bertz CT molecular complexity index is 287. The first-order valence-electron chi connectivity index (χ1n) is 5.87. The molecular formula is C11H21N3O2. The number of nitrogens with zero attached hydrogens (tertiary/aromatic N) is 2. The summed E-state index contributed by atoms with van der Waals surface area (Å²) in [6.07, 6.45) is 0. The Kier molecular flexibility index (Phi) is 2.84. The molecule has 5 nitrogen and oxygen atoms in total. The van der Waals surface area contributed by atoms with Crippen LogP contribution in [0.5, 0.6) is 0 Å². The average Bonchev–Trinajstić information content (AvgIpc) is 2.56. The highest BCUT2D eigenvalue weighted by molar-refractivity contribution is 5.78. The molecule has 0 bridgehead atoms. The first-order chi connectivity index (χ1) is 7.45. The summed E-state index contributed by atoms with van der Waals surface area (Å²) in [4.78, 5) is 16.0. The van der Waals surface area contributed by atoms with Crippen LogP contribution in [-0.4, -0.2) is 64.8 Å². The van der Waals surface area contributed by atoms with Crippen molar-refractivity contribution in [2.24, 2.45) is 0 Å². The van der Waals surface area contributed by atoms with E-state index < -0.39 is 0 Å². The first kappa shape index (κ1) is 11.7. The second-order valence-corrected chi connectivity index (χ2v) is 5.57. The van der Waals surface area contributed by atoms with Crippen LogP contribution in [0.1, 0.15) is 20.8 Å². The van der Waals surface area contributed by atoms with Gasteiger partial charge in [-0.25, -0.2) is 4.79 Å². The van der Waals surface area contributed by atoms with Crippen molar-refractivity contribution in [1.29, 1.82) is 0 Å². The molecule has 0 aromatic carbocycles. The number of piperazine rings is 1. The summed E-state index contributed by atoms with van der Waals surface area (Å²) in [6, 6.07) is 0.243. The summed E-state index contributed by atoms with van der Waals surface area (Å²) in [5.41, 5.74) is -0.144. The van der Waals surface area contributed by atoms with Crippen LogP contribution >= 0.6 is 0 Å². The molecule has 2 amide bonds. The van der Waals surface area contributed by atoms with Crippen LogP contribution in [0.2, 0.25) is 0 Å². The molecule has 1 unspecified atom stereocenters. The lowest BCUT2D eigenvalue weighted by Crippen LogP contribution is -2.58. The number of amides is 2. The molecule has 2 atom stereocenters. The zero-order valence-corrected chi connectivity index (χ0v) is 10.2. The molecule has 0 spiro atoms. The van der Waals surface area contributed by atoms with E-state index in [2.05, 4.69) is 5.32 Å². The highest BCUT2D eigenvalue weighted by atomic mass is 16.3. The first-order valence-corrected chi connectivity index (χ1v) is 5.87. The molecule has 2 saturated heterocycles. The number of rotatable bonds is 1. The number of carbonyl (C=O) groups is 1. The van der Waals surface area contributed by atoms with Gasteiger partial charge in [0.1, 0.15) is 0 Å². The fourth-order valence-electron chi connectivity index (χ4n) is 2.52. The summed E-state index contributed by atoms with van der Waals surface area (Å²) < 4.78 is 0. The van der Waals surface area contributed by atoms with Crippen LogP contribution in [0.4, 0.5) is 4.79 Å².